The third-order valence-corrected chi connectivity index (χ3v) is 3.83. The van der Waals surface area contributed by atoms with Crippen LogP contribution in [0.25, 0.3) is 0 Å². The summed E-state index contributed by atoms with van der Waals surface area (Å²) in [5.74, 6) is -1.17. The Balaban J connectivity index is 5.05. The van der Waals surface area contributed by atoms with E-state index >= 15 is 0 Å². The summed E-state index contributed by atoms with van der Waals surface area (Å²) in [5, 5.41) is 0. The van der Waals surface area contributed by atoms with Crippen LogP contribution in [0.15, 0.2) is 0 Å². The van der Waals surface area contributed by atoms with Crippen LogP contribution < -0.4 is 0 Å². The van der Waals surface area contributed by atoms with E-state index in [1.807, 2.05) is 20.8 Å². The molecule has 0 saturated carbocycles. The molecule has 0 fully saturated rings. The molecule has 0 aromatic carbocycles. The zero-order valence-electron chi connectivity index (χ0n) is 13.1. The fourth-order valence-corrected chi connectivity index (χ4v) is 1.84. The van der Waals surface area contributed by atoms with Gasteiger partial charge in [0.05, 0.1) is 0 Å². The second-order valence-electron chi connectivity index (χ2n) is 5.83. The fourth-order valence-electron chi connectivity index (χ4n) is 1.84. The minimum atomic E-state index is -1.22. The molecule has 2 unspecified atom stereocenters. The van der Waals surface area contributed by atoms with E-state index in [2.05, 4.69) is 0 Å². The van der Waals surface area contributed by atoms with Crippen LogP contribution in [0.2, 0.25) is 0 Å². The van der Waals surface area contributed by atoms with E-state index < -0.39 is 28.7 Å². The van der Waals surface area contributed by atoms with Crippen LogP contribution in [-0.2, 0) is 19.1 Å². The smallest absolute Gasteiger partial charge is 0.229 e. The van der Waals surface area contributed by atoms with Gasteiger partial charge in [-0.3, -0.25) is 14.4 Å². The average Bonchev–Trinajstić information content (AvgIpc) is 2.36. The Bertz CT molecular complexity index is 370. The second-order valence-corrected chi connectivity index (χ2v) is 5.83. The van der Waals surface area contributed by atoms with E-state index in [9.17, 15) is 14.4 Å². The molecule has 4 nitrogen and oxygen atoms in total. The molecule has 0 bridgehead atoms. The number of carbonyl (C=O) groups excluding carboxylic acids is 3. The SMILES string of the molecule is CCC(C)(C)C(=O)C(C)OC(C)(CC)C(=O)C(C)=O. The number of ether oxygens (including phenoxy) is 1. The van der Waals surface area contributed by atoms with Crippen molar-refractivity contribution in [3.05, 3.63) is 0 Å². The first-order valence-corrected chi connectivity index (χ1v) is 6.79. The van der Waals surface area contributed by atoms with Gasteiger partial charge in [0.2, 0.25) is 5.78 Å². The summed E-state index contributed by atoms with van der Waals surface area (Å²) >= 11 is 0. The first-order chi connectivity index (χ1) is 8.51. The molecular formula is C15H26O4. The van der Waals surface area contributed by atoms with Crippen LogP contribution in [0, 0.1) is 5.41 Å². The number of carbonyl (C=O) groups is 3. The Hall–Kier alpha value is -1.03. The number of Topliss-reactive ketones (excluding diaryl/α,β-unsaturated/α-hetero) is 3. The molecule has 0 aliphatic rings. The van der Waals surface area contributed by atoms with Gasteiger partial charge in [0.25, 0.3) is 0 Å². The number of hydrogen-bond acceptors (Lipinski definition) is 4. The fraction of sp³-hybridized carbons (Fsp3) is 0.800. The van der Waals surface area contributed by atoms with Crippen LogP contribution >= 0.6 is 0 Å². The minimum Gasteiger partial charge on any atom is -0.356 e. The Morgan fingerprint density at radius 1 is 1.05 bits per heavy atom. The van der Waals surface area contributed by atoms with Crippen molar-refractivity contribution in [2.24, 2.45) is 5.41 Å². The van der Waals surface area contributed by atoms with E-state index in [4.69, 9.17) is 4.74 Å². The largest absolute Gasteiger partial charge is 0.356 e. The van der Waals surface area contributed by atoms with E-state index in [1.165, 1.54) is 6.92 Å². The van der Waals surface area contributed by atoms with Crippen molar-refractivity contribution >= 4 is 17.3 Å². The van der Waals surface area contributed by atoms with Crippen molar-refractivity contribution in [1.29, 1.82) is 0 Å². The summed E-state index contributed by atoms with van der Waals surface area (Å²) < 4.78 is 5.64. The molecule has 0 aromatic rings. The van der Waals surface area contributed by atoms with Crippen molar-refractivity contribution in [2.75, 3.05) is 0 Å². The van der Waals surface area contributed by atoms with E-state index in [1.54, 1.807) is 20.8 Å². The molecular weight excluding hydrogens is 244 g/mol. The molecule has 0 radical (unpaired) electrons. The summed E-state index contributed by atoms with van der Waals surface area (Å²) in [6.45, 7) is 11.8. The zero-order chi connectivity index (χ0) is 15.4. The molecule has 0 aromatic heterocycles. The van der Waals surface area contributed by atoms with Crippen molar-refractivity contribution < 1.29 is 19.1 Å². The van der Waals surface area contributed by atoms with Gasteiger partial charge in [-0.25, -0.2) is 0 Å². The predicted molar refractivity (Wildman–Crippen MR) is 74.0 cm³/mol. The highest BCUT2D eigenvalue weighted by atomic mass is 16.5. The van der Waals surface area contributed by atoms with Crippen LogP contribution in [0.1, 0.15) is 61.3 Å². The quantitative estimate of drug-likeness (QED) is 0.636. The molecule has 0 saturated heterocycles. The second kappa shape index (κ2) is 6.42. The Kier molecular flexibility index (Phi) is 6.07. The van der Waals surface area contributed by atoms with Crippen molar-refractivity contribution in [1.82, 2.24) is 0 Å². The lowest BCUT2D eigenvalue weighted by Gasteiger charge is -2.32. The van der Waals surface area contributed by atoms with Crippen LogP contribution in [0.3, 0.4) is 0 Å². The van der Waals surface area contributed by atoms with Crippen molar-refractivity contribution in [2.45, 2.75) is 73.0 Å². The van der Waals surface area contributed by atoms with Crippen LogP contribution in [-0.4, -0.2) is 29.1 Å². The molecule has 19 heavy (non-hydrogen) atoms. The van der Waals surface area contributed by atoms with Gasteiger partial charge in [0.15, 0.2) is 11.6 Å². The maximum Gasteiger partial charge on any atom is 0.229 e. The Morgan fingerprint density at radius 3 is 1.84 bits per heavy atom. The maximum absolute atomic E-state index is 12.3. The third-order valence-electron chi connectivity index (χ3n) is 3.83. The number of ketones is 3. The molecule has 0 aliphatic heterocycles. The summed E-state index contributed by atoms with van der Waals surface area (Å²) in [6, 6.07) is 0. The minimum absolute atomic E-state index is 0.0500. The summed E-state index contributed by atoms with van der Waals surface area (Å²) in [6.07, 6.45) is 0.349. The van der Waals surface area contributed by atoms with E-state index in [-0.39, 0.29) is 5.78 Å². The molecule has 4 heteroatoms. The van der Waals surface area contributed by atoms with Gasteiger partial charge >= 0.3 is 0 Å². The molecule has 2 atom stereocenters. The lowest BCUT2D eigenvalue weighted by Crippen LogP contribution is -2.47. The highest BCUT2D eigenvalue weighted by molar-refractivity contribution is 6.39. The first kappa shape index (κ1) is 18.0. The normalized spacial score (nSPS) is 16.6. The monoisotopic (exact) mass is 270 g/mol. The standard InChI is InChI=1S/C15H26O4/c1-8-14(5,6)13(18)11(4)19-15(7,9-2)12(17)10(3)16/h11H,8-9H2,1-7H3. The average molecular weight is 270 g/mol. The van der Waals surface area contributed by atoms with Gasteiger partial charge in [0.1, 0.15) is 11.7 Å². The topological polar surface area (TPSA) is 60.4 Å². The van der Waals surface area contributed by atoms with Crippen LogP contribution in [0.5, 0.6) is 0 Å². The van der Waals surface area contributed by atoms with Gasteiger partial charge in [-0.05, 0) is 26.7 Å². The Labute approximate surface area is 115 Å². The van der Waals surface area contributed by atoms with Crippen molar-refractivity contribution in [3.63, 3.8) is 0 Å². The van der Waals surface area contributed by atoms with E-state index in [0.29, 0.717) is 12.8 Å². The first-order valence-electron chi connectivity index (χ1n) is 6.79. The molecule has 0 heterocycles. The van der Waals surface area contributed by atoms with Gasteiger partial charge in [-0.15, -0.1) is 0 Å². The predicted octanol–water partition coefficient (Wildman–Crippen LogP) is 2.72. The van der Waals surface area contributed by atoms with Crippen LogP contribution in [0.4, 0.5) is 0 Å². The zero-order valence-corrected chi connectivity index (χ0v) is 13.1. The Morgan fingerprint density at radius 2 is 1.53 bits per heavy atom. The highest BCUT2D eigenvalue weighted by Crippen LogP contribution is 2.27. The molecule has 0 aliphatic carbocycles. The van der Waals surface area contributed by atoms with Gasteiger partial charge in [-0.1, -0.05) is 27.7 Å². The lowest BCUT2D eigenvalue weighted by molar-refractivity contribution is -0.164. The molecule has 0 rings (SSSR count). The molecule has 0 amide bonds. The highest BCUT2D eigenvalue weighted by Gasteiger charge is 2.40. The summed E-state index contributed by atoms with van der Waals surface area (Å²) in [7, 11) is 0. The summed E-state index contributed by atoms with van der Waals surface area (Å²) in [5.41, 5.74) is -1.71. The van der Waals surface area contributed by atoms with E-state index in [0.717, 1.165) is 0 Å². The molecule has 0 spiro atoms. The third kappa shape index (κ3) is 4.23. The number of rotatable bonds is 8. The van der Waals surface area contributed by atoms with Crippen molar-refractivity contribution in [3.8, 4) is 0 Å². The molecule has 110 valence electrons. The van der Waals surface area contributed by atoms with Gasteiger partial charge in [0, 0.05) is 12.3 Å². The maximum atomic E-state index is 12.3. The number of hydrogen-bond donors (Lipinski definition) is 0. The lowest BCUT2D eigenvalue weighted by atomic mass is 9.82. The van der Waals surface area contributed by atoms with Gasteiger partial charge < -0.3 is 4.74 Å². The molecule has 0 N–H and O–H groups in total. The summed E-state index contributed by atoms with van der Waals surface area (Å²) in [4.78, 5) is 35.4. The van der Waals surface area contributed by atoms with Gasteiger partial charge in [-0.2, -0.15) is 0 Å².